The number of hydrogen-bond donors (Lipinski definition) is 1. The molecular formula is C11H13NO4. The van der Waals surface area contributed by atoms with Gasteiger partial charge in [0, 0.05) is 0 Å². The van der Waals surface area contributed by atoms with Gasteiger partial charge in [0.15, 0.2) is 0 Å². The number of carbonyl (C=O) groups is 2. The summed E-state index contributed by atoms with van der Waals surface area (Å²) < 4.78 is 4.79. The largest absolute Gasteiger partial charge is 0.481 e. The van der Waals surface area contributed by atoms with Gasteiger partial charge in [-0.2, -0.15) is 0 Å². The fraction of sp³-hybridized carbons (Fsp3) is 0.364. The van der Waals surface area contributed by atoms with Crippen LogP contribution in [0.3, 0.4) is 0 Å². The molecule has 5 nitrogen and oxygen atoms in total. The van der Waals surface area contributed by atoms with Crippen LogP contribution in [0.4, 0.5) is 0 Å². The molecular weight excluding hydrogens is 210 g/mol. The van der Waals surface area contributed by atoms with Crippen LogP contribution in [0.1, 0.15) is 28.7 Å². The average molecular weight is 223 g/mol. The number of carbonyl (C=O) groups excluding carboxylic acids is 1. The first-order valence-corrected chi connectivity index (χ1v) is 4.89. The fourth-order valence-corrected chi connectivity index (χ4v) is 1.29. The van der Waals surface area contributed by atoms with E-state index >= 15 is 0 Å². The highest BCUT2D eigenvalue weighted by Crippen LogP contribution is 2.07. The lowest BCUT2D eigenvalue weighted by atomic mass is 10.2. The summed E-state index contributed by atoms with van der Waals surface area (Å²) in [6, 6.07) is 3.21. The first-order chi connectivity index (χ1) is 7.52. The Morgan fingerprint density at radius 3 is 2.69 bits per heavy atom. The minimum Gasteiger partial charge on any atom is -0.481 e. The molecule has 0 aliphatic heterocycles. The van der Waals surface area contributed by atoms with Crippen LogP contribution in [0.2, 0.25) is 0 Å². The SMILES string of the molecule is CCOC(=O)c1cc(C)cc(CC(=O)O)n1. The van der Waals surface area contributed by atoms with Gasteiger partial charge in [-0.15, -0.1) is 0 Å². The van der Waals surface area contributed by atoms with Crippen LogP contribution >= 0.6 is 0 Å². The zero-order valence-corrected chi connectivity index (χ0v) is 9.19. The molecule has 0 saturated carbocycles. The number of ether oxygens (including phenoxy) is 1. The number of hydrogen-bond acceptors (Lipinski definition) is 4. The molecule has 0 amide bonds. The molecule has 0 radical (unpaired) electrons. The number of aliphatic carboxylic acids is 1. The molecule has 0 saturated heterocycles. The Labute approximate surface area is 93.1 Å². The van der Waals surface area contributed by atoms with Crippen molar-refractivity contribution in [1.82, 2.24) is 4.98 Å². The number of carboxylic acid groups (broad SMARTS) is 1. The third-order valence-corrected chi connectivity index (χ3v) is 1.84. The molecule has 0 spiro atoms. The van der Waals surface area contributed by atoms with E-state index < -0.39 is 11.9 Å². The van der Waals surface area contributed by atoms with E-state index in [2.05, 4.69) is 4.98 Å². The lowest BCUT2D eigenvalue weighted by Crippen LogP contribution is -2.11. The topological polar surface area (TPSA) is 76.5 Å². The molecule has 1 rings (SSSR count). The van der Waals surface area contributed by atoms with Gasteiger partial charge in [0.25, 0.3) is 0 Å². The molecule has 0 aliphatic carbocycles. The Kier molecular flexibility index (Phi) is 3.99. The summed E-state index contributed by atoms with van der Waals surface area (Å²) in [5.74, 6) is -1.51. The van der Waals surface area contributed by atoms with Crippen LogP contribution in [0.5, 0.6) is 0 Å². The van der Waals surface area contributed by atoms with Crippen molar-refractivity contribution in [2.24, 2.45) is 0 Å². The van der Waals surface area contributed by atoms with E-state index in [0.29, 0.717) is 5.69 Å². The Balaban J connectivity index is 2.97. The Morgan fingerprint density at radius 2 is 2.12 bits per heavy atom. The molecule has 0 unspecified atom stereocenters. The first-order valence-electron chi connectivity index (χ1n) is 4.89. The number of nitrogens with zero attached hydrogens (tertiary/aromatic N) is 1. The van der Waals surface area contributed by atoms with Gasteiger partial charge < -0.3 is 9.84 Å². The maximum atomic E-state index is 11.4. The van der Waals surface area contributed by atoms with Crippen molar-refractivity contribution in [3.8, 4) is 0 Å². The summed E-state index contributed by atoms with van der Waals surface area (Å²) in [6.07, 6.45) is -0.200. The lowest BCUT2D eigenvalue weighted by Gasteiger charge is -2.04. The van der Waals surface area contributed by atoms with Gasteiger partial charge in [-0.25, -0.2) is 9.78 Å². The highest BCUT2D eigenvalue weighted by atomic mass is 16.5. The molecule has 1 aromatic heterocycles. The third kappa shape index (κ3) is 3.34. The summed E-state index contributed by atoms with van der Waals surface area (Å²) in [5.41, 5.74) is 1.29. The summed E-state index contributed by atoms with van der Waals surface area (Å²) in [4.78, 5) is 25.9. The van der Waals surface area contributed by atoms with Crippen molar-refractivity contribution in [2.45, 2.75) is 20.3 Å². The molecule has 0 aliphatic rings. The van der Waals surface area contributed by atoms with E-state index in [0.717, 1.165) is 5.56 Å². The van der Waals surface area contributed by atoms with Gasteiger partial charge in [-0.1, -0.05) is 0 Å². The molecule has 0 bridgehead atoms. The zero-order valence-electron chi connectivity index (χ0n) is 9.19. The first kappa shape index (κ1) is 12.2. The monoisotopic (exact) mass is 223 g/mol. The quantitative estimate of drug-likeness (QED) is 0.776. The predicted molar refractivity (Wildman–Crippen MR) is 56.3 cm³/mol. The Morgan fingerprint density at radius 1 is 1.44 bits per heavy atom. The number of carboxylic acids is 1. The number of aromatic nitrogens is 1. The van der Waals surface area contributed by atoms with Crippen LogP contribution in [0.15, 0.2) is 12.1 Å². The van der Waals surface area contributed by atoms with Crippen LogP contribution in [0, 0.1) is 6.92 Å². The third-order valence-electron chi connectivity index (χ3n) is 1.84. The van der Waals surface area contributed by atoms with Crippen molar-refractivity contribution in [1.29, 1.82) is 0 Å². The number of pyridine rings is 1. The number of aryl methyl sites for hydroxylation is 1. The van der Waals surface area contributed by atoms with E-state index in [1.807, 2.05) is 0 Å². The molecule has 1 aromatic rings. The smallest absolute Gasteiger partial charge is 0.356 e. The van der Waals surface area contributed by atoms with E-state index in [9.17, 15) is 9.59 Å². The van der Waals surface area contributed by atoms with E-state index in [1.165, 1.54) is 0 Å². The van der Waals surface area contributed by atoms with Crippen molar-refractivity contribution in [3.63, 3.8) is 0 Å². The molecule has 1 N–H and O–H groups in total. The standard InChI is InChI=1S/C11H13NO4/c1-3-16-11(15)9-5-7(2)4-8(12-9)6-10(13)14/h4-5H,3,6H2,1-2H3,(H,13,14). The molecule has 16 heavy (non-hydrogen) atoms. The highest BCUT2D eigenvalue weighted by molar-refractivity contribution is 5.87. The normalized spacial score (nSPS) is 9.88. The molecule has 0 aromatic carbocycles. The van der Waals surface area contributed by atoms with Crippen LogP contribution in [0.25, 0.3) is 0 Å². The molecule has 1 heterocycles. The predicted octanol–water partition coefficient (Wildman–Crippen LogP) is 1.19. The Bertz CT molecular complexity index is 414. The maximum absolute atomic E-state index is 11.4. The van der Waals surface area contributed by atoms with E-state index in [4.69, 9.17) is 9.84 Å². The van der Waals surface area contributed by atoms with Crippen LogP contribution < -0.4 is 0 Å². The second-order valence-electron chi connectivity index (χ2n) is 3.31. The van der Waals surface area contributed by atoms with Gasteiger partial charge in [0.2, 0.25) is 0 Å². The second-order valence-corrected chi connectivity index (χ2v) is 3.31. The molecule has 86 valence electrons. The molecule has 5 heteroatoms. The molecule has 0 fully saturated rings. The highest BCUT2D eigenvalue weighted by Gasteiger charge is 2.11. The zero-order chi connectivity index (χ0) is 12.1. The Hall–Kier alpha value is -1.91. The van der Waals surface area contributed by atoms with Gasteiger partial charge in [0.05, 0.1) is 18.7 Å². The van der Waals surface area contributed by atoms with Crippen molar-refractivity contribution >= 4 is 11.9 Å². The van der Waals surface area contributed by atoms with Crippen molar-refractivity contribution in [3.05, 3.63) is 29.1 Å². The summed E-state index contributed by atoms with van der Waals surface area (Å²) >= 11 is 0. The van der Waals surface area contributed by atoms with Gasteiger partial charge >= 0.3 is 11.9 Å². The number of esters is 1. The summed E-state index contributed by atoms with van der Waals surface area (Å²) in [7, 11) is 0. The van der Waals surface area contributed by atoms with Crippen LogP contribution in [-0.2, 0) is 16.0 Å². The van der Waals surface area contributed by atoms with Gasteiger partial charge in [-0.05, 0) is 31.5 Å². The van der Waals surface area contributed by atoms with Gasteiger partial charge in [-0.3, -0.25) is 4.79 Å². The van der Waals surface area contributed by atoms with Gasteiger partial charge in [0.1, 0.15) is 5.69 Å². The minimum absolute atomic E-state index is 0.151. The second kappa shape index (κ2) is 5.25. The lowest BCUT2D eigenvalue weighted by molar-refractivity contribution is -0.136. The van der Waals surface area contributed by atoms with E-state index in [-0.39, 0.29) is 18.7 Å². The fourth-order valence-electron chi connectivity index (χ4n) is 1.29. The van der Waals surface area contributed by atoms with Crippen molar-refractivity contribution < 1.29 is 19.4 Å². The average Bonchev–Trinajstić information content (AvgIpc) is 2.15. The minimum atomic E-state index is -0.979. The van der Waals surface area contributed by atoms with Crippen LogP contribution in [-0.4, -0.2) is 28.6 Å². The maximum Gasteiger partial charge on any atom is 0.356 e. The van der Waals surface area contributed by atoms with Crippen molar-refractivity contribution in [2.75, 3.05) is 6.61 Å². The number of rotatable bonds is 4. The van der Waals surface area contributed by atoms with E-state index in [1.54, 1.807) is 26.0 Å². The summed E-state index contributed by atoms with van der Waals surface area (Å²) in [6.45, 7) is 3.74. The molecule has 0 atom stereocenters. The summed E-state index contributed by atoms with van der Waals surface area (Å²) in [5, 5.41) is 8.63.